The Bertz CT molecular complexity index is 987. The molecule has 2 aromatic rings. The number of amidine groups is 1. The molecule has 0 bridgehead atoms. The van der Waals surface area contributed by atoms with Crippen molar-refractivity contribution in [3.63, 3.8) is 0 Å². The normalized spacial score (nSPS) is 18.2. The maximum Gasteiger partial charge on any atom is 0.331 e. The van der Waals surface area contributed by atoms with E-state index in [1.54, 1.807) is 0 Å². The summed E-state index contributed by atoms with van der Waals surface area (Å²) in [6.07, 6.45) is 1.19. The minimum atomic E-state index is -0.583. The number of amides is 1. The standard InChI is InChI=1S/C20H16N2O5S/c1-25-18(23)10-17-19(24)22(20(28-17)21-14-5-3-2-4-6-14)11-13-7-8-15-16(9-13)27-12-26-15/h2-10H,11-12H2,1H3/b17-10+,21-20?. The molecular weight excluding hydrogens is 380 g/mol. The largest absolute Gasteiger partial charge is 0.466 e. The Kier molecular flexibility index (Phi) is 5.03. The Labute approximate surface area is 165 Å². The summed E-state index contributed by atoms with van der Waals surface area (Å²) in [4.78, 5) is 30.9. The van der Waals surface area contributed by atoms with E-state index in [1.165, 1.54) is 18.1 Å². The lowest BCUT2D eigenvalue weighted by atomic mass is 10.2. The number of aliphatic imine (C=N–C) groups is 1. The summed E-state index contributed by atoms with van der Waals surface area (Å²) in [7, 11) is 1.27. The number of carbonyl (C=O) groups excluding carboxylic acids is 2. The van der Waals surface area contributed by atoms with Crippen LogP contribution in [0.2, 0.25) is 0 Å². The lowest BCUT2D eigenvalue weighted by Gasteiger charge is -2.16. The molecule has 4 rings (SSSR count). The number of para-hydroxylation sites is 1. The average Bonchev–Trinajstić information content (AvgIpc) is 3.28. The number of nitrogens with zero attached hydrogens (tertiary/aromatic N) is 2. The summed E-state index contributed by atoms with van der Waals surface area (Å²) < 4.78 is 15.4. The molecule has 28 heavy (non-hydrogen) atoms. The monoisotopic (exact) mass is 396 g/mol. The summed E-state index contributed by atoms with van der Waals surface area (Å²) in [5, 5.41) is 0.490. The summed E-state index contributed by atoms with van der Waals surface area (Å²) in [6, 6.07) is 14.8. The Hall–Kier alpha value is -3.26. The zero-order chi connectivity index (χ0) is 19.5. The van der Waals surface area contributed by atoms with Crippen molar-refractivity contribution in [2.45, 2.75) is 6.54 Å². The topological polar surface area (TPSA) is 77.4 Å². The Morgan fingerprint density at radius 3 is 2.79 bits per heavy atom. The van der Waals surface area contributed by atoms with E-state index in [1.807, 2.05) is 48.5 Å². The van der Waals surface area contributed by atoms with E-state index in [4.69, 9.17) is 9.47 Å². The zero-order valence-corrected chi connectivity index (χ0v) is 15.8. The third-order valence-corrected chi connectivity index (χ3v) is 5.10. The highest BCUT2D eigenvalue weighted by atomic mass is 32.2. The van der Waals surface area contributed by atoms with Gasteiger partial charge in [-0.2, -0.15) is 0 Å². The highest BCUT2D eigenvalue weighted by Crippen LogP contribution is 2.36. The molecule has 7 nitrogen and oxygen atoms in total. The number of methoxy groups -OCH3 is 1. The molecule has 0 unspecified atom stereocenters. The maximum absolute atomic E-state index is 12.9. The first-order valence-corrected chi connectivity index (χ1v) is 9.27. The van der Waals surface area contributed by atoms with Crippen molar-refractivity contribution < 1.29 is 23.8 Å². The molecule has 2 aliphatic heterocycles. The molecule has 0 N–H and O–H groups in total. The molecule has 1 amide bonds. The van der Waals surface area contributed by atoms with Gasteiger partial charge in [-0.05, 0) is 41.6 Å². The van der Waals surface area contributed by atoms with Gasteiger partial charge in [0.05, 0.1) is 24.2 Å². The Morgan fingerprint density at radius 2 is 2.00 bits per heavy atom. The van der Waals surface area contributed by atoms with Gasteiger partial charge in [0.1, 0.15) is 0 Å². The van der Waals surface area contributed by atoms with Gasteiger partial charge in [-0.15, -0.1) is 0 Å². The van der Waals surface area contributed by atoms with E-state index in [-0.39, 0.29) is 24.2 Å². The van der Waals surface area contributed by atoms with E-state index in [9.17, 15) is 9.59 Å². The van der Waals surface area contributed by atoms with E-state index in [2.05, 4.69) is 9.73 Å². The molecule has 0 atom stereocenters. The molecule has 2 aliphatic rings. The minimum Gasteiger partial charge on any atom is -0.466 e. The van der Waals surface area contributed by atoms with E-state index in [0.717, 1.165) is 17.3 Å². The Balaban J connectivity index is 1.66. The summed E-state index contributed by atoms with van der Waals surface area (Å²) in [5.41, 5.74) is 1.58. The minimum absolute atomic E-state index is 0.185. The molecule has 0 radical (unpaired) electrons. The van der Waals surface area contributed by atoms with Crippen molar-refractivity contribution in [3.8, 4) is 11.5 Å². The van der Waals surface area contributed by atoms with Crippen molar-refractivity contribution in [1.29, 1.82) is 0 Å². The Morgan fingerprint density at radius 1 is 1.21 bits per heavy atom. The van der Waals surface area contributed by atoms with Gasteiger partial charge in [0, 0.05) is 6.08 Å². The van der Waals surface area contributed by atoms with Crippen LogP contribution in [-0.2, 0) is 20.9 Å². The average molecular weight is 396 g/mol. The van der Waals surface area contributed by atoms with Gasteiger partial charge >= 0.3 is 5.97 Å². The quantitative estimate of drug-likeness (QED) is 0.583. The van der Waals surface area contributed by atoms with Crippen molar-refractivity contribution >= 4 is 34.5 Å². The molecule has 0 saturated carbocycles. The van der Waals surface area contributed by atoms with Crippen LogP contribution >= 0.6 is 11.8 Å². The molecule has 1 fully saturated rings. The molecule has 0 aromatic heterocycles. The number of esters is 1. The van der Waals surface area contributed by atoms with Crippen LogP contribution < -0.4 is 9.47 Å². The molecule has 2 heterocycles. The van der Waals surface area contributed by atoms with Gasteiger partial charge in [-0.1, -0.05) is 24.3 Å². The number of fused-ring (bicyclic) bond motifs is 1. The van der Waals surface area contributed by atoms with Crippen LogP contribution in [0.25, 0.3) is 0 Å². The van der Waals surface area contributed by atoms with E-state index < -0.39 is 5.97 Å². The molecule has 2 aromatic carbocycles. The molecule has 0 aliphatic carbocycles. The van der Waals surface area contributed by atoms with E-state index >= 15 is 0 Å². The van der Waals surface area contributed by atoms with Gasteiger partial charge in [0.25, 0.3) is 5.91 Å². The second-order valence-corrected chi connectivity index (χ2v) is 6.95. The predicted molar refractivity (Wildman–Crippen MR) is 104 cm³/mol. The second kappa shape index (κ2) is 7.77. The lowest BCUT2D eigenvalue weighted by Crippen LogP contribution is -2.28. The van der Waals surface area contributed by atoms with Gasteiger partial charge < -0.3 is 14.2 Å². The zero-order valence-electron chi connectivity index (χ0n) is 15.0. The van der Waals surface area contributed by atoms with Gasteiger partial charge in [0.2, 0.25) is 6.79 Å². The number of thioether (sulfide) groups is 1. The molecule has 8 heteroatoms. The van der Waals surface area contributed by atoms with Crippen LogP contribution in [-0.4, -0.2) is 35.8 Å². The number of carbonyl (C=O) groups is 2. The van der Waals surface area contributed by atoms with Crippen LogP contribution in [0.1, 0.15) is 5.56 Å². The third kappa shape index (κ3) is 3.72. The van der Waals surface area contributed by atoms with Gasteiger partial charge in [0.15, 0.2) is 16.7 Å². The number of hydrogen-bond acceptors (Lipinski definition) is 7. The highest BCUT2D eigenvalue weighted by molar-refractivity contribution is 8.18. The lowest BCUT2D eigenvalue weighted by molar-refractivity contribution is -0.135. The molecule has 0 spiro atoms. The van der Waals surface area contributed by atoms with Crippen LogP contribution in [0.5, 0.6) is 11.5 Å². The number of rotatable bonds is 4. The van der Waals surface area contributed by atoms with Crippen LogP contribution in [0.4, 0.5) is 5.69 Å². The summed E-state index contributed by atoms with van der Waals surface area (Å²) in [6.45, 7) is 0.469. The number of benzene rings is 2. The second-order valence-electron chi connectivity index (χ2n) is 5.94. The molecular formula is C20H16N2O5S. The van der Waals surface area contributed by atoms with Crippen molar-refractivity contribution in [3.05, 3.63) is 65.1 Å². The predicted octanol–water partition coefficient (Wildman–Crippen LogP) is 3.24. The summed E-state index contributed by atoms with van der Waals surface area (Å²) >= 11 is 1.14. The van der Waals surface area contributed by atoms with Crippen LogP contribution in [0.15, 0.2) is 64.5 Å². The SMILES string of the molecule is COC(=O)/C=C1/SC(=Nc2ccccc2)N(Cc2ccc3c(c2)OCO3)C1=O. The first-order valence-electron chi connectivity index (χ1n) is 8.45. The van der Waals surface area contributed by atoms with Crippen molar-refractivity contribution in [1.82, 2.24) is 4.90 Å². The van der Waals surface area contributed by atoms with Crippen LogP contribution in [0, 0.1) is 0 Å². The fourth-order valence-electron chi connectivity index (χ4n) is 2.73. The van der Waals surface area contributed by atoms with E-state index in [0.29, 0.717) is 22.4 Å². The maximum atomic E-state index is 12.9. The first-order chi connectivity index (χ1) is 13.6. The van der Waals surface area contributed by atoms with Gasteiger partial charge in [-0.3, -0.25) is 9.69 Å². The van der Waals surface area contributed by atoms with Crippen molar-refractivity contribution in [2.75, 3.05) is 13.9 Å². The number of ether oxygens (including phenoxy) is 3. The smallest absolute Gasteiger partial charge is 0.331 e. The van der Waals surface area contributed by atoms with Crippen molar-refractivity contribution in [2.24, 2.45) is 4.99 Å². The summed E-state index contributed by atoms with van der Waals surface area (Å²) in [5.74, 6) is 0.432. The molecule has 142 valence electrons. The fourth-order valence-corrected chi connectivity index (χ4v) is 3.69. The van der Waals surface area contributed by atoms with Gasteiger partial charge in [-0.25, -0.2) is 9.79 Å². The fraction of sp³-hybridized carbons (Fsp3) is 0.150. The molecule has 1 saturated heterocycles. The first kappa shape index (κ1) is 18.1. The van der Waals surface area contributed by atoms with Crippen LogP contribution in [0.3, 0.4) is 0 Å². The number of hydrogen-bond donors (Lipinski definition) is 0. The highest BCUT2D eigenvalue weighted by Gasteiger charge is 2.34. The third-order valence-electron chi connectivity index (χ3n) is 4.10.